The van der Waals surface area contributed by atoms with Gasteiger partial charge in [0.15, 0.2) is 0 Å². The van der Waals surface area contributed by atoms with E-state index in [9.17, 15) is 14.4 Å². The molecule has 0 spiro atoms. The summed E-state index contributed by atoms with van der Waals surface area (Å²) in [6.45, 7) is 2.86. The number of fused-ring (bicyclic) bond motifs is 3. The Morgan fingerprint density at radius 2 is 1.71 bits per heavy atom. The van der Waals surface area contributed by atoms with Crippen molar-refractivity contribution in [3.63, 3.8) is 0 Å². The Morgan fingerprint density at radius 1 is 1.06 bits per heavy atom. The number of rotatable bonds is 9. The molecule has 180 valence electrons. The first-order chi connectivity index (χ1) is 16.4. The van der Waals surface area contributed by atoms with Crippen molar-refractivity contribution in [1.29, 1.82) is 0 Å². The lowest BCUT2D eigenvalue weighted by atomic mass is 9.98. The van der Waals surface area contributed by atoms with Gasteiger partial charge in [0.2, 0.25) is 5.91 Å². The SMILES string of the molecule is CC(CNC(=O)C1COC(CNC(=O)OCC2c3ccccc3-c3ccccc32)C1)CC(=O)O. The molecule has 34 heavy (non-hydrogen) atoms. The molecule has 1 heterocycles. The summed E-state index contributed by atoms with van der Waals surface area (Å²) in [5.41, 5.74) is 4.66. The zero-order valence-corrected chi connectivity index (χ0v) is 19.2. The summed E-state index contributed by atoms with van der Waals surface area (Å²) < 4.78 is 11.2. The van der Waals surface area contributed by atoms with Crippen LogP contribution in [0.25, 0.3) is 11.1 Å². The van der Waals surface area contributed by atoms with E-state index in [1.165, 1.54) is 11.1 Å². The van der Waals surface area contributed by atoms with Gasteiger partial charge in [0.1, 0.15) is 6.61 Å². The number of carboxylic acid groups (broad SMARTS) is 1. The van der Waals surface area contributed by atoms with E-state index in [2.05, 4.69) is 34.9 Å². The minimum Gasteiger partial charge on any atom is -0.481 e. The largest absolute Gasteiger partial charge is 0.481 e. The van der Waals surface area contributed by atoms with E-state index in [-0.39, 0.29) is 55.9 Å². The Labute approximate surface area is 198 Å². The average Bonchev–Trinajstić information content (AvgIpc) is 3.42. The molecule has 0 radical (unpaired) electrons. The molecule has 4 rings (SSSR count). The third kappa shape index (κ3) is 5.56. The van der Waals surface area contributed by atoms with Crippen molar-refractivity contribution in [3.8, 4) is 11.1 Å². The highest BCUT2D eigenvalue weighted by molar-refractivity contribution is 5.80. The molecule has 2 amide bonds. The normalized spacial score (nSPS) is 19.7. The van der Waals surface area contributed by atoms with Crippen LogP contribution in [0.1, 0.15) is 36.8 Å². The number of carbonyl (C=O) groups is 3. The second kappa shape index (κ2) is 10.7. The van der Waals surface area contributed by atoms with E-state index in [0.717, 1.165) is 11.1 Å². The predicted octanol–water partition coefficient (Wildman–Crippen LogP) is 3.16. The van der Waals surface area contributed by atoms with Crippen LogP contribution in [0.4, 0.5) is 4.79 Å². The van der Waals surface area contributed by atoms with Gasteiger partial charge >= 0.3 is 12.1 Å². The second-order valence-corrected chi connectivity index (χ2v) is 9.04. The van der Waals surface area contributed by atoms with Crippen LogP contribution in [-0.4, -0.2) is 55.5 Å². The molecule has 2 aromatic carbocycles. The molecule has 3 N–H and O–H groups in total. The summed E-state index contributed by atoms with van der Waals surface area (Å²) in [6.07, 6.45) is -0.287. The summed E-state index contributed by atoms with van der Waals surface area (Å²) in [4.78, 5) is 35.4. The van der Waals surface area contributed by atoms with Gasteiger partial charge in [0.25, 0.3) is 0 Å². The molecule has 0 aromatic heterocycles. The Hall–Kier alpha value is -3.39. The van der Waals surface area contributed by atoms with Gasteiger partial charge in [-0.05, 0) is 34.6 Å². The van der Waals surface area contributed by atoms with E-state index in [0.29, 0.717) is 13.0 Å². The van der Waals surface area contributed by atoms with Crippen LogP contribution in [0, 0.1) is 11.8 Å². The first kappa shape index (κ1) is 23.8. The maximum Gasteiger partial charge on any atom is 0.407 e. The Balaban J connectivity index is 1.20. The van der Waals surface area contributed by atoms with Gasteiger partial charge in [-0.3, -0.25) is 9.59 Å². The number of carbonyl (C=O) groups excluding carboxylic acids is 2. The number of hydrogen-bond donors (Lipinski definition) is 3. The number of benzene rings is 2. The van der Waals surface area contributed by atoms with E-state index < -0.39 is 12.1 Å². The lowest BCUT2D eigenvalue weighted by molar-refractivity contribution is -0.138. The van der Waals surface area contributed by atoms with Gasteiger partial charge in [-0.2, -0.15) is 0 Å². The van der Waals surface area contributed by atoms with Crippen molar-refractivity contribution >= 4 is 18.0 Å². The van der Waals surface area contributed by atoms with Crippen molar-refractivity contribution in [2.75, 3.05) is 26.3 Å². The molecule has 3 atom stereocenters. The highest BCUT2D eigenvalue weighted by Gasteiger charge is 2.32. The van der Waals surface area contributed by atoms with Gasteiger partial charge in [-0.25, -0.2) is 4.79 Å². The molecule has 3 unspecified atom stereocenters. The van der Waals surface area contributed by atoms with Gasteiger partial charge in [0.05, 0.1) is 18.6 Å². The Morgan fingerprint density at radius 3 is 2.35 bits per heavy atom. The fourth-order valence-corrected chi connectivity index (χ4v) is 4.67. The molecular formula is C26H30N2O6. The van der Waals surface area contributed by atoms with Gasteiger partial charge < -0.3 is 25.2 Å². The topological polar surface area (TPSA) is 114 Å². The molecular weight excluding hydrogens is 436 g/mol. The molecule has 1 aliphatic heterocycles. The molecule has 0 bridgehead atoms. The van der Waals surface area contributed by atoms with Crippen LogP contribution < -0.4 is 10.6 Å². The number of amides is 2. The van der Waals surface area contributed by atoms with Crippen molar-refractivity contribution in [2.45, 2.75) is 31.8 Å². The lowest BCUT2D eigenvalue weighted by Crippen LogP contribution is -2.35. The van der Waals surface area contributed by atoms with Crippen molar-refractivity contribution in [1.82, 2.24) is 10.6 Å². The van der Waals surface area contributed by atoms with Crippen LogP contribution >= 0.6 is 0 Å². The molecule has 1 aliphatic carbocycles. The molecule has 2 aliphatic rings. The predicted molar refractivity (Wildman–Crippen MR) is 125 cm³/mol. The number of aliphatic carboxylic acids is 1. The molecule has 0 saturated carbocycles. The minimum absolute atomic E-state index is 0.00234. The van der Waals surface area contributed by atoms with Gasteiger partial charge in [0, 0.05) is 25.4 Å². The van der Waals surface area contributed by atoms with Crippen LogP contribution in [-0.2, 0) is 19.1 Å². The summed E-state index contributed by atoms with van der Waals surface area (Å²) in [7, 11) is 0. The zero-order chi connectivity index (χ0) is 24.1. The van der Waals surface area contributed by atoms with E-state index in [1.807, 2.05) is 24.3 Å². The number of alkyl carbamates (subject to hydrolysis) is 1. The standard InChI is InChI=1S/C26H30N2O6/c1-16(10-24(29)30)12-27-25(31)17-11-18(33-14-17)13-28-26(32)34-15-23-21-8-4-2-6-19(21)20-7-3-5-9-22(20)23/h2-9,16-18,23H,10-15H2,1H3,(H,27,31)(H,28,32)(H,29,30). The van der Waals surface area contributed by atoms with Crippen LogP contribution in [0.5, 0.6) is 0 Å². The van der Waals surface area contributed by atoms with Crippen LogP contribution in [0.3, 0.4) is 0 Å². The monoisotopic (exact) mass is 466 g/mol. The minimum atomic E-state index is -0.884. The van der Waals surface area contributed by atoms with Gasteiger partial charge in [-0.15, -0.1) is 0 Å². The number of carboxylic acids is 1. The number of hydrogen-bond acceptors (Lipinski definition) is 5. The average molecular weight is 467 g/mol. The van der Waals surface area contributed by atoms with Crippen LogP contribution in [0.2, 0.25) is 0 Å². The summed E-state index contributed by atoms with van der Waals surface area (Å²) in [5, 5.41) is 14.3. The molecule has 8 nitrogen and oxygen atoms in total. The quantitative estimate of drug-likeness (QED) is 0.523. The first-order valence-corrected chi connectivity index (χ1v) is 11.6. The fourth-order valence-electron chi connectivity index (χ4n) is 4.67. The van der Waals surface area contributed by atoms with Crippen molar-refractivity contribution in [3.05, 3.63) is 59.7 Å². The fraction of sp³-hybridized carbons (Fsp3) is 0.423. The first-order valence-electron chi connectivity index (χ1n) is 11.6. The molecule has 8 heteroatoms. The van der Waals surface area contributed by atoms with E-state index in [1.54, 1.807) is 6.92 Å². The zero-order valence-electron chi connectivity index (χ0n) is 19.2. The van der Waals surface area contributed by atoms with E-state index in [4.69, 9.17) is 14.6 Å². The molecule has 1 saturated heterocycles. The maximum absolute atomic E-state index is 12.3. The maximum atomic E-state index is 12.3. The Kier molecular flexibility index (Phi) is 7.47. The summed E-state index contributed by atoms with van der Waals surface area (Å²) in [6, 6.07) is 16.3. The highest BCUT2D eigenvalue weighted by Crippen LogP contribution is 2.44. The smallest absolute Gasteiger partial charge is 0.407 e. The second-order valence-electron chi connectivity index (χ2n) is 9.04. The Bertz CT molecular complexity index is 1010. The summed E-state index contributed by atoms with van der Waals surface area (Å²) in [5.74, 6) is -1.50. The van der Waals surface area contributed by atoms with Crippen molar-refractivity contribution in [2.24, 2.45) is 11.8 Å². The molecule has 2 aromatic rings. The third-order valence-corrected chi connectivity index (χ3v) is 6.42. The van der Waals surface area contributed by atoms with Gasteiger partial charge in [-0.1, -0.05) is 55.5 Å². The third-order valence-electron chi connectivity index (χ3n) is 6.42. The lowest BCUT2D eigenvalue weighted by Gasteiger charge is -2.16. The van der Waals surface area contributed by atoms with Crippen LogP contribution in [0.15, 0.2) is 48.5 Å². The van der Waals surface area contributed by atoms with E-state index >= 15 is 0 Å². The highest BCUT2D eigenvalue weighted by atomic mass is 16.5. The number of nitrogens with one attached hydrogen (secondary N) is 2. The number of ether oxygens (including phenoxy) is 2. The van der Waals surface area contributed by atoms with Crippen molar-refractivity contribution < 1.29 is 29.0 Å². The summed E-state index contributed by atoms with van der Waals surface area (Å²) >= 11 is 0. The molecule has 1 fully saturated rings.